The van der Waals surface area contributed by atoms with Crippen LogP contribution in [0.1, 0.15) is 23.2 Å². The predicted octanol–water partition coefficient (Wildman–Crippen LogP) is 3.20. The number of halogens is 1. The normalized spacial score (nSPS) is 17.8. The summed E-state index contributed by atoms with van der Waals surface area (Å²) in [4.78, 5) is 18.5. The van der Waals surface area contributed by atoms with Crippen LogP contribution in [0.15, 0.2) is 47.1 Å². The number of carbonyl (C=O) groups excluding carboxylic acids is 1. The Labute approximate surface area is 143 Å². The lowest BCUT2D eigenvalue weighted by atomic mass is 10.1. The largest absolute Gasteiger partial charge is 0.438 e. The van der Waals surface area contributed by atoms with Gasteiger partial charge in [-0.15, -0.1) is 0 Å². The number of amides is 1. The van der Waals surface area contributed by atoms with Crippen LogP contribution in [0.4, 0.5) is 0 Å². The Hall–Kier alpha value is -1.92. The Bertz CT molecular complexity index is 690. The van der Waals surface area contributed by atoms with Crippen LogP contribution in [0.3, 0.4) is 0 Å². The molecule has 0 saturated carbocycles. The molecule has 1 aliphatic rings. The summed E-state index contributed by atoms with van der Waals surface area (Å²) in [6.45, 7) is 1.36. The van der Waals surface area contributed by atoms with E-state index in [9.17, 15) is 4.79 Å². The maximum absolute atomic E-state index is 12.5. The Kier molecular flexibility index (Phi) is 4.93. The van der Waals surface area contributed by atoms with Crippen LogP contribution in [0.25, 0.3) is 0 Å². The van der Waals surface area contributed by atoms with Crippen molar-refractivity contribution in [2.45, 2.75) is 18.9 Å². The van der Waals surface area contributed by atoms with Gasteiger partial charge in [0.25, 0.3) is 5.91 Å². The molecule has 5 nitrogen and oxygen atoms in total. The molecule has 0 spiro atoms. The molecule has 1 aliphatic heterocycles. The van der Waals surface area contributed by atoms with Gasteiger partial charge in [-0.1, -0.05) is 12.1 Å². The first-order chi connectivity index (χ1) is 11.1. The summed E-state index contributed by atoms with van der Waals surface area (Å²) in [7, 11) is 0. The van der Waals surface area contributed by atoms with Crippen molar-refractivity contribution in [3.63, 3.8) is 0 Å². The zero-order valence-corrected chi connectivity index (χ0v) is 14.2. The highest BCUT2D eigenvalue weighted by Gasteiger charge is 2.22. The minimum Gasteiger partial charge on any atom is -0.438 e. The van der Waals surface area contributed by atoms with Crippen LogP contribution in [0.5, 0.6) is 11.6 Å². The second-order valence-electron chi connectivity index (χ2n) is 5.57. The number of para-hydroxylation sites is 1. The molecular formula is C17H18BrN3O2. The van der Waals surface area contributed by atoms with Crippen LogP contribution < -0.4 is 10.5 Å². The van der Waals surface area contributed by atoms with Crippen LogP contribution in [0, 0.1) is 0 Å². The van der Waals surface area contributed by atoms with E-state index in [-0.39, 0.29) is 11.9 Å². The van der Waals surface area contributed by atoms with Gasteiger partial charge in [-0.05, 0) is 47.0 Å². The number of aromatic nitrogens is 1. The van der Waals surface area contributed by atoms with Crippen molar-refractivity contribution in [2.24, 2.45) is 5.73 Å². The van der Waals surface area contributed by atoms with E-state index in [4.69, 9.17) is 10.5 Å². The van der Waals surface area contributed by atoms with Gasteiger partial charge in [0.1, 0.15) is 5.75 Å². The number of nitrogens with two attached hydrogens (primary N) is 1. The zero-order valence-electron chi connectivity index (χ0n) is 12.6. The first kappa shape index (κ1) is 16.0. The van der Waals surface area contributed by atoms with Crippen LogP contribution in [0.2, 0.25) is 0 Å². The average molecular weight is 376 g/mol. The Morgan fingerprint density at radius 3 is 2.83 bits per heavy atom. The van der Waals surface area contributed by atoms with E-state index in [2.05, 4.69) is 20.9 Å². The number of nitrogens with zero attached hydrogens (tertiary/aromatic N) is 2. The fraction of sp³-hybridized carbons (Fsp3) is 0.294. The third-order valence-corrected chi connectivity index (χ3v) is 4.43. The molecule has 1 aromatic carbocycles. The fourth-order valence-electron chi connectivity index (χ4n) is 2.58. The van der Waals surface area contributed by atoms with Gasteiger partial charge in [-0.2, -0.15) is 0 Å². The highest BCUT2D eigenvalue weighted by atomic mass is 79.9. The van der Waals surface area contributed by atoms with Crippen molar-refractivity contribution in [1.29, 1.82) is 0 Å². The molecule has 120 valence electrons. The number of carbonyl (C=O) groups is 1. The zero-order chi connectivity index (χ0) is 16.2. The highest BCUT2D eigenvalue weighted by molar-refractivity contribution is 9.10. The average Bonchev–Trinajstić information content (AvgIpc) is 2.57. The van der Waals surface area contributed by atoms with Crippen LogP contribution in [-0.2, 0) is 0 Å². The van der Waals surface area contributed by atoms with E-state index < -0.39 is 0 Å². The van der Waals surface area contributed by atoms with E-state index in [1.165, 1.54) is 0 Å². The molecule has 6 heteroatoms. The second kappa shape index (κ2) is 7.10. The van der Waals surface area contributed by atoms with Gasteiger partial charge in [0.15, 0.2) is 0 Å². The molecule has 3 rings (SSSR count). The standard InChI is InChI=1S/C17H18BrN3O2/c18-14-5-1-2-6-15(14)23-16-8-7-12(10-20-16)17(22)21-9-3-4-13(19)11-21/h1-2,5-8,10,13H,3-4,9,11,19H2. The van der Waals surface area contributed by atoms with E-state index >= 15 is 0 Å². The predicted molar refractivity (Wildman–Crippen MR) is 91.6 cm³/mol. The molecule has 0 bridgehead atoms. The monoisotopic (exact) mass is 375 g/mol. The van der Waals surface area contributed by atoms with Crippen molar-refractivity contribution < 1.29 is 9.53 Å². The number of pyridine rings is 1. The van der Waals surface area contributed by atoms with Gasteiger partial charge in [-0.3, -0.25) is 4.79 Å². The Balaban J connectivity index is 1.69. The van der Waals surface area contributed by atoms with Crippen molar-refractivity contribution in [2.75, 3.05) is 13.1 Å². The minimum atomic E-state index is -0.0277. The first-order valence-corrected chi connectivity index (χ1v) is 8.36. The highest BCUT2D eigenvalue weighted by Crippen LogP contribution is 2.28. The summed E-state index contributed by atoms with van der Waals surface area (Å²) in [6, 6.07) is 11.1. The molecule has 1 unspecified atom stereocenters. The number of ether oxygens (including phenoxy) is 1. The van der Waals surface area contributed by atoms with E-state index in [0.29, 0.717) is 23.7 Å². The summed E-state index contributed by atoms with van der Waals surface area (Å²) in [5.41, 5.74) is 6.49. The molecule has 0 aliphatic carbocycles. The topological polar surface area (TPSA) is 68.5 Å². The molecule has 0 radical (unpaired) electrons. The summed E-state index contributed by atoms with van der Waals surface area (Å²) in [5.74, 6) is 1.10. The third kappa shape index (κ3) is 3.89. The fourth-order valence-corrected chi connectivity index (χ4v) is 2.95. The maximum Gasteiger partial charge on any atom is 0.255 e. The number of likely N-dealkylation sites (tertiary alicyclic amines) is 1. The van der Waals surface area contributed by atoms with Crippen LogP contribution >= 0.6 is 15.9 Å². The molecule has 2 aromatic rings. The van der Waals surface area contributed by atoms with Gasteiger partial charge in [-0.25, -0.2) is 4.98 Å². The van der Waals surface area contributed by atoms with Crippen LogP contribution in [-0.4, -0.2) is 34.9 Å². The molecule has 1 amide bonds. The van der Waals surface area contributed by atoms with Gasteiger partial charge in [0.2, 0.25) is 5.88 Å². The van der Waals surface area contributed by atoms with Gasteiger partial charge < -0.3 is 15.4 Å². The van der Waals surface area contributed by atoms with Crippen molar-refractivity contribution >= 4 is 21.8 Å². The molecule has 1 saturated heterocycles. The van der Waals surface area contributed by atoms with Gasteiger partial charge in [0.05, 0.1) is 10.0 Å². The number of piperidine rings is 1. The molecule has 2 N–H and O–H groups in total. The smallest absolute Gasteiger partial charge is 0.255 e. The lowest BCUT2D eigenvalue weighted by molar-refractivity contribution is 0.0708. The lowest BCUT2D eigenvalue weighted by Crippen LogP contribution is -2.45. The summed E-state index contributed by atoms with van der Waals surface area (Å²) in [6.07, 6.45) is 3.47. The van der Waals surface area contributed by atoms with E-state index in [1.807, 2.05) is 24.3 Å². The number of rotatable bonds is 3. The van der Waals surface area contributed by atoms with E-state index in [0.717, 1.165) is 23.9 Å². The molecule has 2 heterocycles. The SMILES string of the molecule is NC1CCCN(C(=O)c2ccc(Oc3ccccc3Br)nc2)C1. The van der Waals surface area contributed by atoms with Crippen molar-refractivity contribution in [3.05, 3.63) is 52.6 Å². The molecule has 1 atom stereocenters. The number of hydrogen-bond donors (Lipinski definition) is 1. The summed E-state index contributed by atoms with van der Waals surface area (Å²) < 4.78 is 6.55. The Morgan fingerprint density at radius 2 is 2.13 bits per heavy atom. The van der Waals surface area contributed by atoms with Gasteiger partial charge in [0, 0.05) is 31.4 Å². The van der Waals surface area contributed by atoms with Crippen molar-refractivity contribution in [1.82, 2.24) is 9.88 Å². The van der Waals surface area contributed by atoms with Crippen molar-refractivity contribution in [3.8, 4) is 11.6 Å². The maximum atomic E-state index is 12.5. The summed E-state index contributed by atoms with van der Waals surface area (Å²) in [5, 5.41) is 0. The lowest BCUT2D eigenvalue weighted by Gasteiger charge is -2.30. The molecule has 1 aromatic heterocycles. The molecule has 1 fully saturated rings. The minimum absolute atomic E-state index is 0.0277. The number of benzene rings is 1. The van der Waals surface area contributed by atoms with Gasteiger partial charge >= 0.3 is 0 Å². The molecule has 23 heavy (non-hydrogen) atoms. The first-order valence-electron chi connectivity index (χ1n) is 7.57. The second-order valence-corrected chi connectivity index (χ2v) is 6.43. The summed E-state index contributed by atoms with van der Waals surface area (Å²) >= 11 is 3.42. The Morgan fingerprint density at radius 1 is 1.30 bits per heavy atom. The molecular weight excluding hydrogens is 358 g/mol. The number of hydrogen-bond acceptors (Lipinski definition) is 4. The van der Waals surface area contributed by atoms with E-state index in [1.54, 1.807) is 23.2 Å². The quantitative estimate of drug-likeness (QED) is 0.893. The third-order valence-electron chi connectivity index (χ3n) is 3.78.